The van der Waals surface area contributed by atoms with Crippen LogP contribution in [-0.4, -0.2) is 22.0 Å². The quantitative estimate of drug-likeness (QED) is 0.176. The van der Waals surface area contributed by atoms with E-state index in [-0.39, 0.29) is 17.2 Å². The molecule has 0 radical (unpaired) electrons. The molecular formula is C21H14F8N4S. The van der Waals surface area contributed by atoms with E-state index < -0.39 is 63.2 Å². The molecule has 13 heteroatoms. The van der Waals surface area contributed by atoms with Gasteiger partial charge in [0, 0.05) is 6.42 Å². The predicted molar refractivity (Wildman–Crippen MR) is 110 cm³/mol. The monoisotopic (exact) mass is 506 g/mol. The standard InChI is InChI=1S/C21H14F8N4S/c1-3-34-19(31-10-5-4-9(8-30)11(6-10)21(27,28)29)20(2)7-12(32-33-20)13-14(22)16(24)18(26)17(25)15(13)23/h4-6,33H,3,7H2,1-2H3. The summed E-state index contributed by atoms with van der Waals surface area (Å²) in [5.41, 5.74) is -2.41. The Hall–Kier alpha value is -3.14. The van der Waals surface area contributed by atoms with Gasteiger partial charge >= 0.3 is 6.18 Å². The number of halogens is 8. The highest BCUT2D eigenvalue weighted by Crippen LogP contribution is 2.36. The maximum absolute atomic E-state index is 14.2. The van der Waals surface area contributed by atoms with Crippen molar-refractivity contribution in [2.24, 2.45) is 10.1 Å². The minimum atomic E-state index is -4.81. The number of hydrazone groups is 1. The second-order valence-electron chi connectivity index (χ2n) is 7.31. The van der Waals surface area contributed by atoms with Crippen LogP contribution in [-0.2, 0) is 6.18 Å². The minimum absolute atomic E-state index is 0.149. The number of nitriles is 1. The third kappa shape index (κ3) is 4.59. The number of nitrogens with zero attached hydrogens (tertiary/aromatic N) is 3. The van der Waals surface area contributed by atoms with E-state index in [1.54, 1.807) is 6.92 Å². The van der Waals surface area contributed by atoms with Crippen LogP contribution in [0.25, 0.3) is 0 Å². The van der Waals surface area contributed by atoms with Crippen molar-refractivity contribution in [1.82, 2.24) is 5.43 Å². The zero-order chi connectivity index (χ0) is 25.4. The number of alkyl halides is 3. The molecule has 4 nitrogen and oxygen atoms in total. The molecule has 1 aliphatic rings. The van der Waals surface area contributed by atoms with Crippen LogP contribution in [0.2, 0.25) is 0 Å². The molecule has 1 unspecified atom stereocenters. The summed E-state index contributed by atoms with van der Waals surface area (Å²) in [5.74, 6) is -10.3. The normalized spacial score (nSPS) is 18.5. The topological polar surface area (TPSA) is 60.5 Å². The Morgan fingerprint density at radius 2 is 1.71 bits per heavy atom. The Balaban J connectivity index is 2.03. The molecule has 0 saturated heterocycles. The largest absolute Gasteiger partial charge is 0.417 e. The van der Waals surface area contributed by atoms with Crippen LogP contribution in [0.4, 0.5) is 40.8 Å². The molecule has 0 fully saturated rings. The Labute approximate surface area is 192 Å². The van der Waals surface area contributed by atoms with E-state index in [1.165, 1.54) is 19.1 Å². The lowest BCUT2D eigenvalue weighted by Crippen LogP contribution is -2.43. The van der Waals surface area contributed by atoms with Crippen molar-refractivity contribution in [2.45, 2.75) is 32.0 Å². The molecule has 0 spiro atoms. The van der Waals surface area contributed by atoms with Gasteiger partial charge in [0.1, 0.15) is 10.6 Å². The molecule has 0 saturated carbocycles. The van der Waals surface area contributed by atoms with Crippen LogP contribution >= 0.6 is 11.8 Å². The first-order valence-electron chi connectivity index (χ1n) is 9.52. The lowest BCUT2D eigenvalue weighted by atomic mass is 9.94. The van der Waals surface area contributed by atoms with Gasteiger partial charge in [0.25, 0.3) is 0 Å². The van der Waals surface area contributed by atoms with Gasteiger partial charge < -0.3 is 0 Å². The minimum Gasteiger partial charge on any atom is -0.297 e. The van der Waals surface area contributed by atoms with Crippen molar-refractivity contribution in [3.8, 4) is 6.07 Å². The Morgan fingerprint density at radius 1 is 1.12 bits per heavy atom. The number of nitrogens with one attached hydrogen (secondary N) is 1. The predicted octanol–water partition coefficient (Wildman–Crippen LogP) is 6.21. The van der Waals surface area contributed by atoms with E-state index in [4.69, 9.17) is 5.26 Å². The molecular weight excluding hydrogens is 492 g/mol. The molecule has 0 aliphatic carbocycles. The number of aliphatic imine (C=N–C) groups is 1. The Kier molecular flexibility index (Phi) is 6.93. The number of thioether (sulfide) groups is 1. The first-order valence-corrected chi connectivity index (χ1v) is 10.5. The molecule has 3 rings (SSSR count). The van der Waals surface area contributed by atoms with Gasteiger partial charge in [-0.15, -0.1) is 11.8 Å². The number of benzene rings is 2. The lowest BCUT2D eigenvalue weighted by molar-refractivity contribution is -0.137. The van der Waals surface area contributed by atoms with Crippen LogP contribution in [0.5, 0.6) is 0 Å². The SMILES string of the molecule is CCSC(=Nc1ccc(C#N)c(C(F)(F)F)c1)C1(C)CC(c2c(F)c(F)c(F)c(F)c2F)=NN1. The fraction of sp³-hybridized carbons (Fsp3) is 0.286. The van der Waals surface area contributed by atoms with Gasteiger partial charge in [-0.25, -0.2) is 26.9 Å². The second kappa shape index (κ2) is 9.25. The van der Waals surface area contributed by atoms with Gasteiger partial charge in [-0.1, -0.05) is 6.92 Å². The summed E-state index contributed by atoms with van der Waals surface area (Å²) in [6, 6.07) is 4.28. The van der Waals surface area contributed by atoms with Gasteiger partial charge in [0.2, 0.25) is 5.82 Å². The first kappa shape index (κ1) is 25.5. The summed E-state index contributed by atoms with van der Waals surface area (Å²) in [5, 5.41) is 12.8. The molecule has 1 atom stereocenters. The van der Waals surface area contributed by atoms with E-state index in [2.05, 4.69) is 15.5 Å². The lowest BCUT2D eigenvalue weighted by Gasteiger charge is -2.25. The van der Waals surface area contributed by atoms with E-state index in [0.717, 1.165) is 17.8 Å². The fourth-order valence-electron chi connectivity index (χ4n) is 3.23. The zero-order valence-corrected chi connectivity index (χ0v) is 18.2. The summed E-state index contributed by atoms with van der Waals surface area (Å²) >= 11 is 1.08. The van der Waals surface area contributed by atoms with Gasteiger partial charge in [-0.05, 0) is 30.9 Å². The highest BCUT2D eigenvalue weighted by atomic mass is 32.2. The summed E-state index contributed by atoms with van der Waals surface area (Å²) in [6.07, 6.45) is -5.19. The van der Waals surface area contributed by atoms with Gasteiger partial charge in [-0.2, -0.15) is 23.5 Å². The highest BCUT2D eigenvalue weighted by Gasteiger charge is 2.41. The van der Waals surface area contributed by atoms with E-state index >= 15 is 0 Å². The third-order valence-electron chi connectivity index (χ3n) is 4.87. The van der Waals surface area contributed by atoms with Crippen LogP contribution < -0.4 is 5.43 Å². The Bertz CT molecular complexity index is 1220. The molecule has 0 bridgehead atoms. The second-order valence-corrected chi connectivity index (χ2v) is 8.57. The van der Waals surface area contributed by atoms with Crippen molar-refractivity contribution in [2.75, 3.05) is 5.75 Å². The average molecular weight is 506 g/mol. The number of hydrogen-bond acceptors (Lipinski definition) is 5. The number of hydrogen-bond donors (Lipinski definition) is 1. The van der Waals surface area contributed by atoms with Crippen LogP contribution in [0.3, 0.4) is 0 Å². The van der Waals surface area contributed by atoms with Crippen LogP contribution in [0.15, 0.2) is 28.3 Å². The zero-order valence-electron chi connectivity index (χ0n) is 17.4. The summed E-state index contributed by atoms with van der Waals surface area (Å²) in [7, 11) is 0. The molecule has 180 valence electrons. The van der Waals surface area contributed by atoms with E-state index in [1.807, 2.05) is 0 Å². The van der Waals surface area contributed by atoms with E-state index in [0.29, 0.717) is 11.8 Å². The van der Waals surface area contributed by atoms with Crippen molar-refractivity contribution < 1.29 is 35.1 Å². The average Bonchev–Trinajstić information content (AvgIpc) is 3.18. The van der Waals surface area contributed by atoms with Crippen molar-refractivity contribution in [3.63, 3.8) is 0 Å². The molecule has 1 aliphatic heterocycles. The summed E-state index contributed by atoms with van der Waals surface area (Å²) in [6.45, 7) is 3.18. The maximum Gasteiger partial charge on any atom is 0.417 e. The molecule has 1 heterocycles. The summed E-state index contributed by atoms with van der Waals surface area (Å²) in [4.78, 5) is 4.21. The van der Waals surface area contributed by atoms with Crippen LogP contribution in [0, 0.1) is 40.4 Å². The summed E-state index contributed by atoms with van der Waals surface area (Å²) < 4.78 is 109. The van der Waals surface area contributed by atoms with Crippen LogP contribution in [0.1, 0.15) is 37.0 Å². The van der Waals surface area contributed by atoms with Gasteiger partial charge in [-0.3, -0.25) is 5.43 Å². The molecule has 2 aromatic rings. The van der Waals surface area contributed by atoms with E-state index in [9.17, 15) is 35.1 Å². The Morgan fingerprint density at radius 3 is 2.24 bits per heavy atom. The molecule has 0 amide bonds. The molecule has 34 heavy (non-hydrogen) atoms. The fourth-order valence-corrected chi connectivity index (χ4v) is 4.11. The van der Waals surface area contributed by atoms with Crippen molar-refractivity contribution in [1.29, 1.82) is 5.26 Å². The smallest absolute Gasteiger partial charge is 0.297 e. The van der Waals surface area contributed by atoms with Gasteiger partial charge in [0.15, 0.2) is 23.3 Å². The molecule has 2 aromatic carbocycles. The first-order chi connectivity index (χ1) is 15.8. The van der Waals surface area contributed by atoms with Crippen molar-refractivity contribution >= 4 is 28.2 Å². The van der Waals surface area contributed by atoms with Gasteiger partial charge in [0.05, 0.1) is 34.2 Å². The number of rotatable bonds is 4. The maximum atomic E-state index is 14.2. The molecule has 0 aromatic heterocycles. The molecule has 1 N–H and O–H groups in total. The third-order valence-corrected chi connectivity index (χ3v) is 5.97. The highest BCUT2D eigenvalue weighted by molar-refractivity contribution is 8.14. The van der Waals surface area contributed by atoms with Crippen molar-refractivity contribution in [3.05, 3.63) is 64.0 Å².